The van der Waals surface area contributed by atoms with Crippen molar-refractivity contribution in [3.05, 3.63) is 40.3 Å². The minimum atomic E-state index is 0.251. The highest BCUT2D eigenvalue weighted by atomic mass is 79.9. The van der Waals surface area contributed by atoms with Crippen molar-refractivity contribution in [1.29, 1.82) is 0 Å². The molecular weight excluding hydrogens is 192 g/mol. The summed E-state index contributed by atoms with van der Waals surface area (Å²) >= 11 is 3.18. The van der Waals surface area contributed by atoms with Gasteiger partial charge in [-0.1, -0.05) is 6.08 Å². The average Bonchev–Trinajstić information content (AvgIpc) is 1.92. The molecule has 1 aliphatic rings. The third kappa shape index (κ3) is 1.90. The van der Waals surface area contributed by atoms with Crippen LogP contribution in [0.2, 0.25) is 0 Å². The molecule has 52 valence electrons. The predicted molar refractivity (Wildman–Crippen MR) is 45.0 cm³/mol. The Kier molecular flexibility index (Phi) is 2.55. The quantitative estimate of drug-likeness (QED) is 0.594. The van der Waals surface area contributed by atoms with Gasteiger partial charge < -0.3 is 5.11 Å². The fourth-order valence-electron chi connectivity index (χ4n) is 0.601. The molecule has 0 saturated carbocycles. The van der Waals surface area contributed by atoms with Crippen LogP contribution in [0.25, 0.3) is 0 Å². The van der Waals surface area contributed by atoms with Gasteiger partial charge in [-0.3, -0.25) is 0 Å². The molecule has 0 bridgehead atoms. The van der Waals surface area contributed by atoms with Crippen molar-refractivity contribution >= 4 is 15.9 Å². The minimum Gasteiger partial charge on any atom is -0.507 e. The molecule has 1 N–H and O–H groups in total. The van der Waals surface area contributed by atoms with Crippen LogP contribution in [0.4, 0.5) is 0 Å². The van der Waals surface area contributed by atoms with E-state index in [0.29, 0.717) is 4.48 Å². The van der Waals surface area contributed by atoms with Gasteiger partial charge in [-0.25, -0.2) is 0 Å². The average molecular weight is 199 g/mol. The number of hydrogen-bond donors (Lipinski definition) is 1. The smallest absolute Gasteiger partial charge is 0.130 e. The molecule has 1 aliphatic carbocycles. The molecule has 0 aliphatic heterocycles. The van der Waals surface area contributed by atoms with Gasteiger partial charge in [0.1, 0.15) is 5.76 Å². The summed E-state index contributed by atoms with van der Waals surface area (Å²) < 4.78 is 0.666. The van der Waals surface area contributed by atoms with Gasteiger partial charge >= 0.3 is 0 Å². The zero-order chi connectivity index (χ0) is 7.40. The van der Waals surface area contributed by atoms with E-state index in [1.807, 2.05) is 12.2 Å². The summed E-state index contributed by atoms with van der Waals surface area (Å²) in [5.41, 5.74) is 2.90. The van der Waals surface area contributed by atoms with Gasteiger partial charge in [0.25, 0.3) is 0 Å². The normalized spacial score (nSPS) is 27.7. The summed E-state index contributed by atoms with van der Waals surface area (Å²) in [7, 11) is 0. The highest BCUT2D eigenvalue weighted by molar-refractivity contribution is 9.11. The highest BCUT2D eigenvalue weighted by Crippen LogP contribution is 2.13. The fourth-order valence-corrected chi connectivity index (χ4v) is 0.866. The number of aliphatic hydroxyl groups is 1. The first-order chi connectivity index (χ1) is 4.80. The van der Waals surface area contributed by atoms with Crippen LogP contribution in [0.15, 0.2) is 40.3 Å². The number of hydrogen-bond acceptors (Lipinski definition) is 1. The lowest BCUT2D eigenvalue weighted by molar-refractivity contribution is 0.431. The van der Waals surface area contributed by atoms with Crippen LogP contribution in [0, 0.1) is 0 Å². The van der Waals surface area contributed by atoms with Gasteiger partial charge in [0.2, 0.25) is 0 Å². The molecule has 0 saturated heterocycles. The number of rotatable bonds is 0. The lowest BCUT2D eigenvalue weighted by Gasteiger charge is -1.93. The van der Waals surface area contributed by atoms with Crippen molar-refractivity contribution in [3.63, 3.8) is 0 Å². The van der Waals surface area contributed by atoms with Crippen LogP contribution < -0.4 is 0 Å². The van der Waals surface area contributed by atoms with Crippen molar-refractivity contribution in [2.75, 3.05) is 0 Å². The standard InChI is InChI=1S/C8H7BrO/c9-7-5-3-1-2-4-6-8(7)10/h1,4-6,10H,2H2/b6-4-,8-7-. The number of aliphatic hydroxyl groups excluding tert-OH is 1. The molecule has 0 radical (unpaired) electrons. The van der Waals surface area contributed by atoms with Gasteiger partial charge in [0.05, 0.1) is 4.48 Å². The SMILES string of the molecule is OC1=C(\Br)C=C=CC/C=C\1. The summed E-state index contributed by atoms with van der Waals surface area (Å²) in [5.74, 6) is 0.251. The number of allylic oxidation sites excluding steroid dienone is 4. The van der Waals surface area contributed by atoms with Crippen molar-refractivity contribution in [1.82, 2.24) is 0 Å². The molecule has 1 nitrogen and oxygen atoms in total. The fraction of sp³-hybridized carbons (Fsp3) is 0.125. The van der Waals surface area contributed by atoms with Crippen LogP contribution in [-0.2, 0) is 0 Å². The van der Waals surface area contributed by atoms with E-state index in [0.717, 1.165) is 6.42 Å². The third-order valence-corrected chi connectivity index (χ3v) is 1.74. The van der Waals surface area contributed by atoms with E-state index in [1.165, 1.54) is 0 Å². The Morgan fingerprint density at radius 2 is 2.40 bits per heavy atom. The van der Waals surface area contributed by atoms with Crippen molar-refractivity contribution in [2.24, 2.45) is 0 Å². The maximum absolute atomic E-state index is 9.14. The largest absolute Gasteiger partial charge is 0.507 e. The summed E-state index contributed by atoms with van der Waals surface area (Å²) in [6.07, 6.45) is 7.94. The molecular formula is C8H7BrO. The molecule has 0 aromatic heterocycles. The lowest BCUT2D eigenvalue weighted by atomic mass is 10.3. The van der Waals surface area contributed by atoms with Gasteiger partial charge in [0, 0.05) is 0 Å². The van der Waals surface area contributed by atoms with Gasteiger partial charge in [0.15, 0.2) is 0 Å². The molecule has 0 aromatic rings. The number of halogens is 1. The first kappa shape index (κ1) is 7.39. The summed E-state index contributed by atoms with van der Waals surface area (Å²) in [4.78, 5) is 0. The molecule has 0 amide bonds. The second-order valence-electron chi connectivity index (χ2n) is 1.89. The first-order valence-corrected chi connectivity index (χ1v) is 3.76. The van der Waals surface area contributed by atoms with E-state index in [9.17, 15) is 0 Å². The molecule has 0 fully saturated rings. The highest BCUT2D eigenvalue weighted by Gasteiger charge is 1.93. The molecule has 0 unspecified atom stereocenters. The van der Waals surface area contributed by atoms with Crippen molar-refractivity contribution in [3.8, 4) is 0 Å². The maximum Gasteiger partial charge on any atom is 0.130 e. The molecule has 0 atom stereocenters. The maximum atomic E-state index is 9.14. The second kappa shape index (κ2) is 3.45. The van der Waals surface area contributed by atoms with Crippen LogP contribution in [0.5, 0.6) is 0 Å². The monoisotopic (exact) mass is 198 g/mol. The molecule has 2 heteroatoms. The minimum absolute atomic E-state index is 0.251. The van der Waals surface area contributed by atoms with Crippen molar-refractivity contribution < 1.29 is 5.11 Å². The molecule has 1 rings (SSSR count). The third-order valence-electron chi connectivity index (χ3n) is 1.10. The van der Waals surface area contributed by atoms with Crippen LogP contribution in [-0.4, -0.2) is 5.11 Å². The van der Waals surface area contributed by atoms with Crippen LogP contribution in [0.1, 0.15) is 6.42 Å². The van der Waals surface area contributed by atoms with E-state index in [-0.39, 0.29) is 5.76 Å². The van der Waals surface area contributed by atoms with Gasteiger partial charge in [-0.05, 0) is 40.6 Å². The lowest BCUT2D eigenvalue weighted by Crippen LogP contribution is -1.77. The van der Waals surface area contributed by atoms with Gasteiger partial charge in [-0.2, -0.15) is 0 Å². The summed E-state index contributed by atoms with van der Waals surface area (Å²) in [5, 5.41) is 9.14. The molecule has 0 aromatic carbocycles. The second-order valence-corrected chi connectivity index (χ2v) is 2.74. The van der Waals surface area contributed by atoms with E-state index in [1.54, 1.807) is 12.2 Å². The van der Waals surface area contributed by atoms with E-state index >= 15 is 0 Å². The molecule has 10 heavy (non-hydrogen) atoms. The van der Waals surface area contributed by atoms with E-state index < -0.39 is 0 Å². The zero-order valence-electron chi connectivity index (χ0n) is 5.34. The van der Waals surface area contributed by atoms with Gasteiger partial charge in [-0.15, -0.1) is 5.73 Å². The Hall–Kier alpha value is -0.720. The summed E-state index contributed by atoms with van der Waals surface area (Å²) in [6.45, 7) is 0. The summed E-state index contributed by atoms with van der Waals surface area (Å²) in [6, 6.07) is 0. The Balaban J connectivity index is 2.99. The molecule has 0 spiro atoms. The van der Waals surface area contributed by atoms with E-state index in [2.05, 4.69) is 21.7 Å². The zero-order valence-corrected chi connectivity index (χ0v) is 6.93. The van der Waals surface area contributed by atoms with Crippen LogP contribution >= 0.6 is 15.9 Å². The molecule has 0 heterocycles. The van der Waals surface area contributed by atoms with E-state index in [4.69, 9.17) is 5.11 Å². The Morgan fingerprint density at radius 3 is 3.20 bits per heavy atom. The Morgan fingerprint density at radius 1 is 1.60 bits per heavy atom. The topological polar surface area (TPSA) is 20.2 Å². The Labute approximate surface area is 68.2 Å². The Bertz CT molecular complexity index is 242. The first-order valence-electron chi connectivity index (χ1n) is 2.97. The predicted octanol–water partition coefficient (Wildman–Crippen LogP) is 2.82. The van der Waals surface area contributed by atoms with Crippen molar-refractivity contribution in [2.45, 2.75) is 6.42 Å². The van der Waals surface area contributed by atoms with Crippen LogP contribution in [0.3, 0.4) is 0 Å².